The largest absolute Gasteiger partial charge is 0.372 e. The lowest BCUT2D eigenvalue weighted by Gasteiger charge is -2.28. The molecular formula is C35H46N2S2. The van der Waals surface area contributed by atoms with E-state index >= 15 is 0 Å². The van der Waals surface area contributed by atoms with Gasteiger partial charge in [0.1, 0.15) is 11.0 Å². The Morgan fingerprint density at radius 3 is 1.87 bits per heavy atom. The summed E-state index contributed by atoms with van der Waals surface area (Å²) >= 11 is 3.65. The molecule has 0 bridgehead atoms. The monoisotopic (exact) mass is 558 g/mol. The summed E-state index contributed by atoms with van der Waals surface area (Å²) in [5, 5.41) is 7.44. The Kier molecular flexibility index (Phi) is 10.4. The first-order valence-corrected chi connectivity index (χ1v) is 15.7. The van der Waals surface area contributed by atoms with E-state index in [4.69, 9.17) is 4.98 Å². The second-order valence-corrected chi connectivity index (χ2v) is 13.5. The van der Waals surface area contributed by atoms with Crippen LogP contribution in [0.15, 0.2) is 48.4 Å². The number of anilines is 1. The van der Waals surface area contributed by atoms with Gasteiger partial charge in [-0.25, -0.2) is 4.98 Å². The first-order chi connectivity index (χ1) is 18.4. The maximum atomic E-state index is 5.30. The number of benzene rings is 2. The zero-order valence-corrected chi connectivity index (χ0v) is 27.4. The number of para-hydroxylation sites is 1. The number of nitrogens with zero attached hydrogens (tertiary/aromatic N) is 1. The molecule has 4 aromatic rings. The molecule has 208 valence electrons. The molecule has 1 atom stereocenters. The Balaban J connectivity index is 0.00000134. The molecule has 0 amide bonds. The molecule has 4 rings (SSSR count). The summed E-state index contributed by atoms with van der Waals surface area (Å²) in [7, 11) is 0. The minimum Gasteiger partial charge on any atom is -0.372 e. The molecule has 0 aliphatic rings. The molecule has 2 aromatic carbocycles. The van der Waals surface area contributed by atoms with Gasteiger partial charge in [0.2, 0.25) is 0 Å². The van der Waals surface area contributed by atoms with Crippen molar-refractivity contribution >= 4 is 28.4 Å². The minimum atomic E-state index is -0.0119. The quantitative estimate of drug-likeness (QED) is 0.228. The van der Waals surface area contributed by atoms with E-state index in [0.717, 1.165) is 10.7 Å². The number of nitrogens with one attached hydrogen (secondary N) is 1. The maximum absolute atomic E-state index is 5.30. The van der Waals surface area contributed by atoms with E-state index < -0.39 is 0 Å². The Morgan fingerprint density at radius 2 is 1.41 bits per heavy atom. The number of thiophene rings is 1. The van der Waals surface area contributed by atoms with E-state index in [9.17, 15) is 0 Å². The van der Waals surface area contributed by atoms with E-state index in [1.54, 1.807) is 17.4 Å². The Labute approximate surface area is 245 Å². The molecule has 0 fully saturated rings. The number of allylic oxidation sites excluding steroid dienone is 1. The van der Waals surface area contributed by atoms with Crippen LogP contribution >= 0.6 is 22.7 Å². The summed E-state index contributed by atoms with van der Waals surface area (Å²) in [5.41, 5.74) is 13.0. The van der Waals surface area contributed by atoms with Crippen molar-refractivity contribution in [2.24, 2.45) is 0 Å². The number of hydrogen-bond acceptors (Lipinski definition) is 4. The molecule has 1 unspecified atom stereocenters. The number of hydrogen-bond donors (Lipinski definition) is 1. The Hall–Kier alpha value is -2.69. The van der Waals surface area contributed by atoms with Crippen LogP contribution in [0.25, 0.3) is 11.3 Å². The maximum Gasteiger partial charge on any atom is 0.120 e. The molecule has 0 saturated carbocycles. The topological polar surface area (TPSA) is 24.9 Å². The SMILES string of the molecule is C=CC.Cc1cc(C)c(C(Nc2c(C(C)C)cccc2C(C)C)c2nc(-c3c(C)sc(C)c3C)cs2)c(C)c1. The smallest absolute Gasteiger partial charge is 0.120 e. The summed E-state index contributed by atoms with van der Waals surface area (Å²) in [5.74, 6) is 0.857. The van der Waals surface area contributed by atoms with Crippen molar-refractivity contribution in [1.29, 1.82) is 0 Å². The second kappa shape index (κ2) is 13.1. The third-order valence-electron chi connectivity index (χ3n) is 7.27. The van der Waals surface area contributed by atoms with Crippen LogP contribution in [0.3, 0.4) is 0 Å². The average Bonchev–Trinajstić information content (AvgIpc) is 3.41. The van der Waals surface area contributed by atoms with Crippen LogP contribution in [0.4, 0.5) is 5.69 Å². The lowest BCUT2D eigenvalue weighted by Crippen LogP contribution is -2.18. The van der Waals surface area contributed by atoms with Gasteiger partial charge < -0.3 is 5.32 Å². The molecule has 0 aliphatic heterocycles. The van der Waals surface area contributed by atoms with Crippen LogP contribution in [-0.4, -0.2) is 4.98 Å². The molecular weight excluding hydrogens is 513 g/mol. The molecule has 2 aromatic heterocycles. The zero-order chi connectivity index (χ0) is 29.0. The van der Waals surface area contributed by atoms with Crippen LogP contribution in [-0.2, 0) is 0 Å². The molecule has 4 heteroatoms. The van der Waals surface area contributed by atoms with E-state index in [1.807, 2.05) is 18.3 Å². The predicted octanol–water partition coefficient (Wildman–Crippen LogP) is 11.4. The number of thiazole rings is 1. The molecule has 0 radical (unpaired) electrons. The molecule has 39 heavy (non-hydrogen) atoms. The fourth-order valence-electron chi connectivity index (χ4n) is 5.47. The van der Waals surface area contributed by atoms with E-state index in [0.29, 0.717) is 11.8 Å². The van der Waals surface area contributed by atoms with Crippen molar-refractivity contribution in [3.8, 4) is 11.3 Å². The van der Waals surface area contributed by atoms with Crippen LogP contribution in [0.5, 0.6) is 0 Å². The standard InChI is InChI=1S/C32H40N2S2.C3H6/c1-17(2)25-12-11-13-26(18(3)4)30(25)34-31(28-20(6)14-19(5)15-21(28)7)32-33-27(16-35-32)29-22(8)23(9)36-24(29)10;1-3-2/h11-18,31,34H,1-10H3;3H,1H2,2H3. The third-order valence-corrected chi connectivity index (χ3v) is 9.31. The van der Waals surface area contributed by atoms with Crippen molar-refractivity contribution in [1.82, 2.24) is 4.98 Å². The Morgan fingerprint density at radius 1 is 0.872 bits per heavy atom. The molecule has 1 N–H and O–H groups in total. The minimum absolute atomic E-state index is 0.0119. The van der Waals surface area contributed by atoms with Crippen molar-refractivity contribution in [3.63, 3.8) is 0 Å². The number of aromatic nitrogens is 1. The summed E-state index contributed by atoms with van der Waals surface area (Å²) in [6.07, 6.45) is 1.75. The highest BCUT2D eigenvalue weighted by molar-refractivity contribution is 7.12. The predicted molar refractivity (Wildman–Crippen MR) is 176 cm³/mol. The van der Waals surface area contributed by atoms with Gasteiger partial charge in [0.15, 0.2) is 0 Å². The van der Waals surface area contributed by atoms with Crippen molar-refractivity contribution < 1.29 is 0 Å². The van der Waals surface area contributed by atoms with Gasteiger partial charge in [0.05, 0.1) is 5.69 Å². The summed E-state index contributed by atoms with van der Waals surface area (Å²) in [4.78, 5) is 8.03. The number of aryl methyl sites for hydroxylation is 5. The first kappa shape index (κ1) is 30.8. The summed E-state index contributed by atoms with van der Waals surface area (Å²) in [6, 6.07) is 11.4. The van der Waals surface area contributed by atoms with Crippen LogP contribution in [0, 0.1) is 41.5 Å². The van der Waals surface area contributed by atoms with Gasteiger partial charge in [-0.3, -0.25) is 0 Å². The van der Waals surface area contributed by atoms with Gasteiger partial charge in [-0.05, 0) is 93.7 Å². The van der Waals surface area contributed by atoms with Crippen molar-refractivity contribution in [2.75, 3.05) is 5.32 Å². The fourth-order valence-corrected chi connectivity index (χ4v) is 7.41. The van der Waals surface area contributed by atoms with Gasteiger partial charge in [-0.15, -0.1) is 29.3 Å². The average molecular weight is 559 g/mol. The lowest BCUT2D eigenvalue weighted by molar-refractivity contribution is 0.816. The van der Waals surface area contributed by atoms with Gasteiger partial charge >= 0.3 is 0 Å². The fraction of sp³-hybridized carbons (Fsp3) is 0.400. The Bertz CT molecular complexity index is 1390. The van der Waals surface area contributed by atoms with Crippen molar-refractivity contribution in [2.45, 2.75) is 94.0 Å². The van der Waals surface area contributed by atoms with E-state index in [2.05, 4.69) is 117 Å². The van der Waals surface area contributed by atoms with Crippen LogP contribution in [0.2, 0.25) is 0 Å². The normalized spacial score (nSPS) is 11.9. The zero-order valence-electron chi connectivity index (χ0n) is 25.7. The van der Waals surface area contributed by atoms with Crippen LogP contribution < -0.4 is 5.32 Å². The van der Waals surface area contributed by atoms with Gasteiger partial charge in [-0.1, -0.05) is 69.7 Å². The molecule has 2 heterocycles. The molecule has 0 aliphatic carbocycles. The highest BCUT2D eigenvalue weighted by Crippen LogP contribution is 2.41. The van der Waals surface area contributed by atoms with Gasteiger partial charge in [0.25, 0.3) is 0 Å². The van der Waals surface area contributed by atoms with E-state index in [1.165, 1.54) is 59.9 Å². The highest BCUT2D eigenvalue weighted by atomic mass is 32.1. The van der Waals surface area contributed by atoms with Gasteiger partial charge in [0, 0.05) is 26.4 Å². The van der Waals surface area contributed by atoms with Crippen molar-refractivity contribution in [3.05, 3.63) is 102 Å². The highest BCUT2D eigenvalue weighted by Gasteiger charge is 2.26. The van der Waals surface area contributed by atoms with Gasteiger partial charge in [-0.2, -0.15) is 0 Å². The number of rotatable bonds is 7. The second-order valence-electron chi connectivity index (χ2n) is 11.2. The van der Waals surface area contributed by atoms with E-state index in [-0.39, 0.29) is 6.04 Å². The van der Waals surface area contributed by atoms with Crippen LogP contribution in [0.1, 0.15) is 106 Å². The molecule has 0 spiro atoms. The first-order valence-electron chi connectivity index (χ1n) is 14.0. The third kappa shape index (κ3) is 6.73. The summed E-state index contributed by atoms with van der Waals surface area (Å²) < 4.78 is 0. The summed E-state index contributed by atoms with van der Waals surface area (Å²) in [6.45, 7) is 27.7. The molecule has 2 nitrogen and oxygen atoms in total. The molecule has 0 saturated heterocycles. The lowest BCUT2D eigenvalue weighted by atomic mass is 9.90.